The minimum Gasteiger partial charge on any atom is -0.429 e. The number of benzene rings is 2. The van der Waals surface area contributed by atoms with Crippen molar-refractivity contribution < 1.29 is 26.7 Å². The molecule has 2 saturated carbocycles. The molecule has 0 amide bonds. The van der Waals surface area contributed by atoms with E-state index in [0.29, 0.717) is 5.92 Å². The normalized spacial score (nSPS) is 25.1. The summed E-state index contributed by atoms with van der Waals surface area (Å²) in [5.74, 6) is 2.73. The Balaban J connectivity index is 1.23. The molecule has 0 saturated heterocycles. The van der Waals surface area contributed by atoms with Crippen LogP contribution in [0.5, 0.6) is 5.75 Å². The van der Waals surface area contributed by atoms with E-state index in [-0.39, 0.29) is 11.3 Å². The van der Waals surface area contributed by atoms with Crippen molar-refractivity contribution in [3.8, 4) is 5.75 Å². The summed E-state index contributed by atoms with van der Waals surface area (Å²) in [6.07, 6.45) is 7.42. The van der Waals surface area contributed by atoms with Crippen LogP contribution in [0.4, 0.5) is 22.0 Å². The molecule has 2 aliphatic rings. The van der Waals surface area contributed by atoms with Crippen LogP contribution in [-0.2, 0) is 12.3 Å². The van der Waals surface area contributed by atoms with Crippen molar-refractivity contribution in [1.29, 1.82) is 0 Å². The molecule has 37 heavy (non-hydrogen) atoms. The first-order valence-electron chi connectivity index (χ1n) is 14.0. The lowest BCUT2D eigenvalue weighted by atomic mass is 9.74. The van der Waals surface area contributed by atoms with Crippen LogP contribution >= 0.6 is 0 Å². The van der Waals surface area contributed by atoms with Gasteiger partial charge in [0.25, 0.3) is 0 Å². The van der Waals surface area contributed by atoms with Gasteiger partial charge >= 0.3 is 12.3 Å². The van der Waals surface area contributed by atoms with E-state index < -0.39 is 17.8 Å². The molecule has 0 radical (unpaired) electrons. The van der Waals surface area contributed by atoms with Crippen LogP contribution in [0, 0.1) is 17.8 Å². The number of hydrogen-bond acceptors (Lipinski definition) is 1. The quantitative estimate of drug-likeness (QED) is 0.298. The maximum Gasteiger partial charge on any atom is 0.426 e. The lowest BCUT2D eigenvalue weighted by Crippen LogP contribution is -2.22. The molecular weight excluding hydrogens is 483 g/mol. The van der Waals surface area contributed by atoms with Gasteiger partial charge in [-0.1, -0.05) is 70.4 Å². The second kappa shape index (κ2) is 12.2. The minimum absolute atomic E-state index is 0.307. The highest BCUT2D eigenvalue weighted by molar-refractivity contribution is 5.31. The first-order valence-corrected chi connectivity index (χ1v) is 14.0. The summed E-state index contributed by atoms with van der Waals surface area (Å²) < 4.78 is 72.1. The lowest BCUT2D eigenvalue weighted by Gasteiger charge is -2.32. The van der Waals surface area contributed by atoms with Gasteiger partial charge in [-0.3, -0.25) is 0 Å². The topological polar surface area (TPSA) is 9.23 Å². The molecule has 0 bridgehead atoms. The zero-order chi connectivity index (χ0) is 26.5. The van der Waals surface area contributed by atoms with E-state index in [4.69, 9.17) is 4.74 Å². The second-order valence-corrected chi connectivity index (χ2v) is 11.2. The molecule has 6 heteroatoms. The van der Waals surface area contributed by atoms with E-state index >= 15 is 0 Å². The molecule has 2 aliphatic carbocycles. The summed E-state index contributed by atoms with van der Waals surface area (Å²) in [4.78, 5) is 0. The number of rotatable bonds is 9. The van der Waals surface area contributed by atoms with Gasteiger partial charge in [0, 0.05) is 0 Å². The fraction of sp³-hybridized carbons (Fsp3) is 0.613. The molecule has 1 nitrogen and oxygen atoms in total. The van der Waals surface area contributed by atoms with E-state index in [1.54, 1.807) is 12.1 Å². The molecule has 2 aromatic rings. The van der Waals surface area contributed by atoms with Crippen LogP contribution in [0.1, 0.15) is 107 Å². The van der Waals surface area contributed by atoms with E-state index in [9.17, 15) is 22.0 Å². The maximum absolute atomic E-state index is 14.7. The highest BCUT2D eigenvalue weighted by Gasteiger charge is 2.36. The fourth-order valence-electron chi connectivity index (χ4n) is 6.34. The highest BCUT2D eigenvalue weighted by Crippen LogP contribution is 2.41. The summed E-state index contributed by atoms with van der Waals surface area (Å²) in [6, 6.07) is 9.56. The highest BCUT2D eigenvalue weighted by atomic mass is 19.4. The predicted molar refractivity (Wildman–Crippen MR) is 137 cm³/mol. The SMILES string of the molecule is CCC[C@H]1CC[C@H](CCC2CCC(c3ccc(C(F)(F)Oc4ccc(C(F)(F)F)cc4)cc3)CC2)CC1. The lowest BCUT2D eigenvalue weighted by molar-refractivity contribution is -0.185. The third kappa shape index (κ3) is 7.70. The Kier molecular flexibility index (Phi) is 9.18. The van der Waals surface area contributed by atoms with Crippen LogP contribution in [0.3, 0.4) is 0 Å². The van der Waals surface area contributed by atoms with Gasteiger partial charge in [0.05, 0.1) is 11.1 Å². The Morgan fingerprint density at radius 2 is 1.08 bits per heavy atom. The van der Waals surface area contributed by atoms with Gasteiger partial charge < -0.3 is 4.74 Å². The smallest absolute Gasteiger partial charge is 0.426 e. The molecule has 0 N–H and O–H groups in total. The number of ether oxygens (including phenoxy) is 1. The van der Waals surface area contributed by atoms with Crippen molar-refractivity contribution in [1.82, 2.24) is 0 Å². The van der Waals surface area contributed by atoms with E-state index in [0.717, 1.165) is 60.4 Å². The molecular formula is C31H39F5O. The van der Waals surface area contributed by atoms with Crippen LogP contribution in [0.25, 0.3) is 0 Å². The molecule has 0 atom stereocenters. The summed E-state index contributed by atoms with van der Waals surface area (Å²) in [5, 5.41) is 0. The summed E-state index contributed by atoms with van der Waals surface area (Å²) in [6.45, 7) is 2.29. The third-order valence-corrected chi connectivity index (χ3v) is 8.64. The van der Waals surface area contributed by atoms with Crippen molar-refractivity contribution in [2.75, 3.05) is 0 Å². The predicted octanol–water partition coefficient (Wildman–Crippen LogP) is 10.5. The molecule has 0 unspecified atom stereocenters. The maximum atomic E-state index is 14.7. The molecule has 0 spiro atoms. The number of hydrogen-bond donors (Lipinski definition) is 0. The van der Waals surface area contributed by atoms with Gasteiger partial charge in [0.1, 0.15) is 5.75 Å². The Labute approximate surface area is 217 Å². The Bertz CT molecular complexity index is 951. The monoisotopic (exact) mass is 522 g/mol. The van der Waals surface area contributed by atoms with Crippen LogP contribution in [0.15, 0.2) is 48.5 Å². The molecule has 0 aliphatic heterocycles. The first-order chi connectivity index (χ1) is 17.6. The molecule has 0 aromatic heterocycles. The number of halogens is 5. The fourth-order valence-corrected chi connectivity index (χ4v) is 6.34. The van der Waals surface area contributed by atoms with Crippen LogP contribution in [0.2, 0.25) is 0 Å². The van der Waals surface area contributed by atoms with Crippen molar-refractivity contribution in [3.05, 3.63) is 65.2 Å². The van der Waals surface area contributed by atoms with E-state index in [1.165, 1.54) is 76.3 Å². The third-order valence-electron chi connectivity index (χ3n) is 8.64. The molecule has 4 rings (SSSR count). The summed E-state index contributed by atoms with van der Waals surface area (Å²) >= 11 is 0. The Morgan fingerprint density at radius 3 is 1.57 bits per heavy atom. The summed E-state index contributed by atoms with van der Waals surface area (Å²) in [7, 11) is 0. The van der Waals surface area contributed by atoms with Crippen molar-refractivity contribution in [2.24, 2.45) is 17.8 Å². The average Bonchev–Trinajstić information content (AvgIpc) is 2.88. The second-order valence-electron chi connectivity index (χ2n) is 11.2. The average molecular weight is 523 g/mol. The van der Waals surface area contributed by atoms with Crippen molar-refractivity contribution in [2.45, 2.75) is 102 Å². The Hall–Kier alpha value is -2.11. The molecule has 2 fully saturated rings. The van der Waals surface area contributed by atoms with Crippen molar-refractivity contribution in [3.63, 3.8) is 0 Å². The van der Waals surface area contributed by atoms with Gasteiger partial charge in [0.2, 0.25) is 0 Å². The summed E-state index contributed by atoms with van der Waals surface area (Å²) in [5.41, 5.74) is -0.142. The van der Waals surface area contributed by atoms with Gasteiger partial charge in [-0.05, 0) is 91.3 Å². The van der Waals surface area contributed by atoms with Crippen molar-refractivity contribution >= 4 is 0 Å². The zero-order valence-electron chi connectivity index (χ0n) is 21.7. The van der Waals surface area contributed by atoms with Gasteiger partial charge in [-0.15, -0.1) is 0 Å². The van der Waals surface area contributed by atoms with E-state index in [1.807, 2.05) is 0 Å². The largest absolute Gasteiger partial charge is 0.429 e. The number of alkyl halides is 5. The van der Waals surface area contributed by atoms with Gasteiger partial charge in [-0.25, -0.2) is 0 Å². The van der Waals surface area contributed by atoms with E-state index in [2.05, 4.69) is 6.92 Å². The van der Waals surface area contributed by atoms with Crippen LogP contribution < -0.4 is 4.74 Å². The molecule has 204 valence electrons. The van der Waals surface area contributed by atoms with Crippen LogP contribution in [-0.4, -0.2) is 0 Å². The molecule has 0 heterocycles. The zero-order valence-corrected chi connectivity index (χ0v) is 21.7. The Morgan fingerprint density at radius 1 is 0.622 bits per heavy atom. The standard InChI is InChI=1S/C31H39F5O/c1-2-3-22-4-6-23(7-5-22)8-9-24-10-12-25(13-11-24)26-14-16-28(17-15-26)31(35,36)37-29-20-18-27(19-21-29)30(32,33)34/h14-25H,2-13H2,1H3/t22-,23-,24?,25?. The molecule has 2 aromatic carbocycles. The minimum atomic E-state index is -4.52. The first kappa shape index (κ1) is 27.9. The van der Waals surface area contributed by atoms with Gasteiger partial charge in [0.15, 0.2) is 0 Å². The van der Waals surface area contributed by atoms with Gasteiger partial charge in [-0.2, -0.15) is 22.0 Å².